The van der Waals surface area contributed by atoms with Crippen LogP contribution < -0.4 is 16.3 Å². The first-order chi connectivity index (χ1) is 27.4. The van der Waals surface area contributed by atoms with E-state index in [1.165, 1.54) is 18.2 Å². The summed E-state index contributed by atoms with van der Waals surface area (Å²) in [6, 6.07) is 5.16. The van der Waals surface area contributed by atoms with Gasteiger partial charge in [-0.25, -0.2) is 18.8 Å². The Morgan fingerprint density at radius 3 is 2.48 bits per heavy atom. The topological polar surface area (TPSA) is 195 Å². The summed E-state index contributed by atoms with van der Waals surface area (Å²) in [6.45, 7) is 8.80. The van der Waals surface area contributed by atoms with Crippen molar-refractivity contribution in [2.75, 3.05) is 19.8 Å². The number of aryl methyl sites for hydroxylation is 2. The zero-order chi connectivity index (χ0) is 41.8. The van der Waals surface area contributed by atoms with Crippen LogP contribution in [0.3, 0.4) is 0 Å². The van der Waals surface area contributed by atoms with E-state index in [9.17, 15) is 34.2 Å². The van der Waals surface area contributed by atoms with Gasteiger partial charge in [-0.15, -0.1) is 0 Å². The number of fused-ring (bicyclic) bond motifs is 7. The third kappa shape index (κ3) is 6.75. The first kappa shape index (κ1) is 41.3. The van der Waals surface area contributed by atoms with E-state index >= 15 is 4.39 Å². The monoisotopic (exact) mass is 804 g/mol. The number of alkyl halides is 1. The molecule has 13 nitrogen and oxygen atoms in total. The molecule has 4 aliphatic carbocycles. The van der Waals surface area contributed by atoms with Crippen LogP contribution in [0.15, 0.2) is 55.6 Å². The summed E-state index contributed by atoms with van der Waals surface area (Å²) in [5.74, 6) is -2.01. The van der Waals surface area contributed by atoms with Gasteiger partial charge in [-0.1, -0.05) is 31.9 Å². The molecule has 0 aliphatic heterocycles. The molecule has 0 saturated heterocycles. The smallest absolute Gasteiger partial charge is 0.407 e. The highest BCUT2D eigenvalue weighted by atomic mass is 19.1. The summed E-state index contributed by atoms with van der Waals surface area (Å²) in [4.78, 5) is 62.5. The van der Waals surface area contributed by atoms with Crippen LogP contribution in [-0.2, 0) is 25.6 Å². The van der Waals surface area contributed by atoms with Gasteiger partial charge in [0, 0.05) is 45.7 Å². The minimum Gasteiger partial charge on any atom is -0.459 e. The summed E-state index contributed by atoms with van der Waals surface area (Å²) >= 11 is 0. The van der Waals surface area contributed by atoms with Gasteiger partial charge in [0.05, 0.1) is 19.3 Å². The van der Waals surface area contributed by atoms with Crippen molar-refractivity contribution in [3.8, 4) is 0 Å². The lowest BCUT2D eigenvalue weighted by atomic mass is 9.44. The molecule has 3 fully saturated rings. The Balaban J connectivity index is 0.810. The van der Waals surface area contributed by atoms with Gasteiger partial charge in [-0.3, -0.25) is 9.59 Å². The molecule has 8 atom stereocenters. The second-order valence-corrected chi connectivity index (χ2v) is 17.3. The number of amides is 2. The number of ether oxygens (including phenoxy) is 2. The molecule has 5 unspecified atom stereocenters. The number of nitrogens with one attached hydrogen (secondary N) is 2. The van der Waals surface area contributed by atoms with Gasteiger partial charge >= 0.3 is 17.8 Å². The summed E-state index contributed by atoms with van der Waals surface area (Å²) in [5.41, 5.74) is -3.58. The fraction of sp³-hybridized carbons (Fsp3) is 0.568. The number of unbranched alkanes of at least 4 members (excludes halogenated alkanes) is 3. The fourth-order valence-corrected chi connectivity index (χ4v) is 10.9. The fourth-order valence-electron chi connectivity index (χ4n) is 10.9. The molecule has 3 saturated carbocycles. The standard InChI is InChI=1S/C44H53FN2O11/c1-24-16-36(51)58-38-26(3)37-27(19-31(24)38)18-30(57-37)22-47-40(53)55-15-9-7-6-8-14-46-39(52)56-23-35(50)44(54)25(2)17-33-32-11-10-28-20-29(48)12-13-41(28,4)43(32,45)34(49)21-42(33,44)5/h12-13,16,18-20,25,32-34,49,54H,6-11,14-15,17,21-23H2,1-5H3,(H,46,52)(H,47,53)/t25-,32?,33?,34?,41?,42?,43+,44+/m1/s1. The SMILES string of the molecule is Cc1cc(=O)oc2c(C)c3oc(CNC(=O)OCCCCCCNC(=O)OCC(=O)[C@@]4(O)[C@H](C)CC5C6CCC7=CC(=O)C=CC7(C)[C@@]6(F)C(O)CC54C)cc3cc12. The van der Waals surface area contributed by atoms with Crippen molar-refractivity contribution in [2.24, 2.45) is 28.6 Å². The summed E-state index contributed by atoms with van der Waals surface area (Å²) in [5, 5.41) is 30.6. The number of furan rings is 1. The molecule has 4 N–H and O–H groups in total. The Labute approximate surface area is 335 Å². The molecule has 3 aromatic rings. The molecular formula is C44H53FN2O11. The zero-order valence-electron chi connectivity index (χ0n) is 33.7. The molecule has 58 heavy (non-hydrogen) atoms. The highest BCUT2D eigenvalue weighted by molar-refractivity contribution is 6.01. The van der Waals surface area contributed by atoms with Crippen molar-refractivity contribution in [3.63, 3.8) is 0 Å². The number of benzene rings is 1. The Morgan fingerprint density at radius 1 is 0.966 bits per heavy atom. The van der Waals surface area contributed by atoms with Gasteiger partial charge in [0.2, 0.25) is 5.78 Å². The highest BCUT2D eigenvalue weighted by Crippen LogP contribution is 2.70. The van der Waals surface area contributed by atoms with Crippen LogP contribution in [0.1, 0.15) is 89.0 Å². The quantitative estimate of drug-likeness (QED) is 0.114. The predicted octanol–water partition coefficient (Wildman–Crippen LogP) is 6.59. The van der Waals surface area contributed by atoms with Crippen LogP contribution in [0.5, 0.6) is 0 Å². The van der Waals surface area contributed by atoms with Gasteiger partial charge in [0.15, 0.2) is 18.1 Å². The number of Topliss-reactive ketones (excluding diaryl/α,β-unsaturated/α-hetero) is 1. The molecule has 0 radical (unpaired) electrons. The van der Waals surface area contributed by atoms with Gasteiger partial charge < -0.3 is 39.2 Å². The van der Waals surface area contributed by atoms with Gasteiger partial charge in [0.25, 0.3) is 0 Å². The third-order valence-electron chi connectivity index (χ3n) is 14.0. The maximum absolute atomic E-state index is 17.4. The lowest BCUT2D eigenvalue weighted by molar-refractivity contribution is -0.219. The third-order valence-corrected chi connectivity index (χ3v) is 14.0. The van der Waals surface area contributed by atoms with E-state index in [1.54, 1.807) is 26.8 Å². The molecule has 0 bridgehead atoms. The van der Waals surface area contributed by atoms with E-state index in [0.717, 1.165) is 29.2 Å². The summed E-state index contributed by atoms with van der Waals surface area (Å²) in [6.07, 6.45) is 5.25. The zero-order valence-corrected chi connectivity index (χ0v) is 33.7. The van der Waals surface area contributed by atoms with E-state index in [4.69, 9.17) is 18.3 Å². The molecule has 312 valence electrons. The van der Waals surface area contributed by atoms with Crippen molar-refractivity contribution in [1.29, 1.82) is 0 Å². The van der Waals surface area contributed by atoms with E-state index in [-0.39, 0.29) is 31.9 Å². The lowest BCUT2D eigenvalue weighted by Crippen LogP contribution is -2.69. The summed E-state index contributed by atoms with van der Waals surface area (Å²) in [7, 11) is 0. The largest absolute Gasteiger partial charge is 0.459 e. The van der Waals surface area contributed by atoms with E-state index < -0.39 is 76.2 Å². The number of allylic oxidation sites excluding steroid dienone is 4. The molecule has 4 aliphatic rings. The minimum atomic E-state index is -2.08. The van der Waals surface area contributed by atoms with Gasteiger partial charge in [0.1, 0.15) is 22.5 Å². The molecule has 7 rings (SSSR count). The number of alkyl carbamates (subject to hydrolysis) is 2. The first-order valence-corrected chi connectivity index (χ1v) is 20.3. The predicted molar refractivity (Wildman–Crippen MR) is 211 cm³/mol. The van der Waals surface area contributed by atoms with Gasteiger partial charge in [-0.05, 0) is 107 Å². The van der Waals surface area contributed by atoms with Crippen molar-refractivity contribution in [2.45, 2.75) is 110 Å². The van der Waals surface area contributed by atoms with Crippen LogP contribution >= 0.6 is 0 Å². The van der Waals surface area contributed by atoms with Crippen LogP contribution in [0.25, 0.3) is 21.9 Å². The van der Waals surface area contributed by atoms with Crippen LogP contribution in [0, 0.1) is 42.4 Å². The maximum Gasteiger partial charge on any atom is 0.407 e. The number of hydrogen-bond donors (Lipinski definition) is 4. The molecule has 1 aromatic carbocycles. The number of hydrogen-bond acceptors (Lipinski definition) is 11. The number of carbonyl (C=O) groups is 4. The number of aliphatic hydroxyl groups is 2. The van der Waals surface area contributed by atoms with E-state index in [1.807, 2.05) is 26.0 Å². The highest BCUT2D eigenvalue weighted by Gasteiger charge is 2.75. The number of rotatable bonds is 12. The van der Waals surface area contributed by atoms with Crippen LogP contribution in [0.4, 0.5) is 14.0 Å². The number of aliphatic hydroxyl groups excluding tert-OH is 1. The van der Waals surface area contributed by atoms with Gasteiger partial charge in [-0.2, -0.15) is 0 Å². The Kier molecular flexibility index (Phi) is 11.0. The minimum absolute atomic E-state index is 0.113. The summed E-state index contributed by atoms with van der Waals surface area (Å²) < 4.78 is 39.3. The lowest BCUT2D eigenvalue weighted by Gasteiger charge is -2.62. The number of carbonyl (C=O) groups excluding carboxylic acids is 4. The second-order valence-electron chi connectivity index (χ2n) is 17.3. The van der Waals surface area contributed by atoms with Crippen molar-refractivity contribution < 1.29 is 52.1 Å². The molecule has 0 spiro atoms. The molecule has 2 aromatic heterocycles. The Bertz CT molecular complexity index is 2280. The van der Waals surface area contributed by atoms with Crippen LogP contribution in [0.2, 0.25) is 0 Å². The number of halogens is 1. The average molecular weight is 805 g/mol. The normalized spacial score (nSPS) is 31.3. The van der Waals surface area contributed by atoms with E-state index in [2.05, 4.69) is 10.6 Å². The number of ketones is 2. The van der Waals surface area contributed by atoms with Crippen molar-refractivity contribution in [1.82, 2.24) is 10.6 Å². The van der Waals surface area contributed by atoms with E-state index in [0.29, 0.717) is 60.2 Å². The second kappa shape index (κ2) is 15.4. The maximum atomic E-state index is 17.4. The molecule has 2 amide bonds. The molecule has 14 heteroatoms. The Morgan fingerprint density at radius 2 is 1.71 bits per heavy atom. The average Bonchev–Trinajstić information content (AvgIpc) is 3.68. The first-order valence-electron chi connectivity index (χ1n) is 20.3. The Hall–Kier alpha value is -4.82. The molecule has 2 heterocycles. The van der Waals surface area contributed by atoms with Crippen LogP contribution in [-0.4, -0.2) is 71.1 Å². The van der Waals surface area contributed by atoms with Crippen molar-refractivity contribution in [3.05, 3.63) is 69.3 Å². The van der Waals surface area contributed by atoms with Crippen molar-refractivity contribution >= 4 is 45.7 Å². The molecular weight excluding hydrogens is 751 g/mol.